The molecule has 21 heavy (non-hydrogen) atoms. The van der Waals surface area contributed by atoms with Crippen LogP contribution in [0.3, 0.4) is 0 Å². The number of hydrogen-bond donors (Lipinski definition) is 1. The van der Waals surface area contributed by atoms with Gasteiger partial charge in [-0.25, -0.2) is 0 Å². The van der Waals surface area contributed by atoms with Crippen molar-refractivity contribution in [3.05, 3.63) is 30.1 Å². The minimum absolute atomic E-state index is 0.281. The first-order chi connectivity index (χ1) is 10.3. The monoisotopic (exact) mass is 285 g/mol. The molecule has 1 spiro atoms. The van der Waals surface area contributed by atoms with Crippen molar-refractivity contribution >= 4 is 5.91 Å². The first kappa shape index (κ1) is 13.3. The van der Waals surface area contributed by atoms with Crippen molar-refractivity contribution in [3.63, 3.8) is 0 Å². The van der Waals surface area contributed by atoms with E-state index < -0.39 is 0 Å². The highest BCUT2D eigenvalue weighted by Gasteiger charge is 2.59. The Morgan fingerprint density at radius 3 is 2.81 bits per heavy atom. The highest BCUT2D eigenvalue weighted by atomic mass is 16.2. The van der Waals surface area contributed by atoms with Crippen LogP contribution in [0.15, 0.2) is 24.4 Å². The molecule has 1 amide bonds. The second-order valence-corrected chi connectivity index (χ2v) is 6.89. The maximum absolute atomic E-state index is 12.9. The van der Waals surface area contributed by atoms with Gasteiger partial charge in [0, 0.05) is 18.2 Å². The predicted octanol–water partition coefficient (Wildman–Crippen LogP) is 1.96. The summed E-state index contributed by atoms with van der Waals surface area (Å²) in [6, 6.07) is 6.43. The quantitative estimate of drug-likeness (QED) is 0.920. The Labute approximate surface area is 125 Å². The molecule has 3 fully saturated rings. The third kappa shape index (κ3) is 2.57. The second kappa shape index (κ2) is 5.09. The molecule has 1 N–H and O–H groups in total. The number of amides is 1. The molecule has 0 radical (unpaired) electrons. The lowest BCUT2D eigenvalue weighted by molar-refractivity contribution is -0.135. The number of hydrogen-bond acceptors (Lipinski definition) is 3. The van der Waals surface area contributed by atoms with Gasteiger partial charge in [-0.1, -0.05) is 6.07 Å². The van der Waals surface area contributed by atoms with Gasteiger partial charge >= 0.3 is 0 Å². The molecule has 1 aromatic heterocycles. The Hall–Kier alpha value is -1.42. The molecule has 3 aliphatic rings. The van der Waals surface area contributed by atoms with Gasteiger partial charge in [-0.05, 0) is 62.7 Å². The first-order valence-electron chi connectivity index (χ1n) is 8.20. The van der Waals surface area contributed by atoms with Crippen LogP contribution in [-0.2, 0) is 11.3 Å². The van der Waals surface area contributed by atoms with Crippen molar-refractivity contribution in [2.75, 3.05) is 13.1 Å². The summed E-state index contributed by atoms with van der Waals surface area (Å²) in [6.45, 7) is 2.84. The fourth-order valence-electron chi connectivity index (χ4n) is 3.81. The third-order valence-corrected chi connectivity index (χ3v) is 5.42. The number of nitrogens with zero attached hydrogens (tertiary/aromatic N) is 2. The number of piperidine rings is 1. The zero-order chi connectivity index (χ0) is 14.3. The lowest BCUT2D eigenvalue weighted by Crippen LogP contribution is -2.37. The minimum Gasteiger partial charge on any atom is -0.334 e. The topological polar surface area (TPSA) is 45.2 Å². The van der Waals surface area contributed by atoms with Crippen molar-refractivity contribution < 1.29 is 4.79 Å². The van der Waals surface area contributed by atoms with E-state index in [2.05, 4.69) is 15.2 Å². The van der Waals surface area contributed by atoms with E-state index in [1.54, 1.807) is 0 Å². The Kier molecular flexibility index (Phi) is 3.21. The molecule has 1 saturated heterocycles. The number of carbonyl (C=O) groups excluding carboxylic acids is 1. The van der Waals surface area contributed by atoms with Crippen molar-refractivity contribution in [2.45, 2.75) is 44.7 Å². The van der Waals surface area contributed by atoms with Gasteiger partial charge in [0.25, 0.3) is 0 Å². The molecule has 1 aliphatic heterocycles. The zero-order valence-corrected chi connectivity index (χ0v) is 12.4. The van der Waals surface area contributed by atoms with Crippen LogP contribution in [0.5, 0.6) is 0 Å². The number of rotatable bonds is 4. The zero-order valence-electron chi connectivity index (χ0n) is 12.4. The van der Waals surface area contributed by atoms with Gasteiger partial charge in [0.15, 0.2) is 0 Å². The van der Waals surface area contributed by atoms with E-state index in [0.29, 0.717) is 23.9 Å². The van der Waals surface area contributed by atoms with Crippen molar-refractivity contribution in [1.82, 2.24) is 15.2 Å². The highest BCUT2D eigenvalue weighted by molar-refractivity contribution is 5.83. The van der Waals surface area contributed by atoms with Crippen molar-refractivity contribution in [2.24, 2.45) is 11.3 Å². The van der Waals surface area contributed by atoms with Crippen LogP contribution in [0, 0.1) is 11.3 Å². The van der Waals surface area contributed by atoms with Crippen LogP contribution in [0.25, 0.3) is 0 Å². The summed E-state index contributed by atoms with van der Waals surface area (Å²) in [5.41, 5.74) is 1.34. The summed E-state index contributed by atoms with van der Waals surface area (Å²) in [5.74, 6) is 0.675. The molecule has 4 rings (SSSR count). The van der Waals surface area contributed by atoms with E-state index in [4.69, 9.17) is 0 Å². The molecule has 1 aromatic rings. The average molecular weight is 285 g/mol. The third-order valence-electron chi connectivity index (χ3n) is 5.42. The van der Waals surface area contributed by atoms with Crippen LogP contribution in [0.2, 0.25) is 0 Å². The number of aromatic nitrogens is 1. The fraction of sp³-hybridized carbons (Fsp3) is 0.647. The van der Waals surface area contributed by atoms with Gasteiger partial charge in [0.1, 0.15) is 0 Å². The molecule has 4 nitrogen and oxygen atoms in total. The summed E-state index contributed by atoms with van der Waals surface area (Å²) in [7, 11) is 0. The fourth-order valence-corrected chi connectivity index (χ4v) is 3.81. The van der Waals surface area contributed by atoms with Crippen LogP contribution < -0.4 is 5.32 Å². The van der Waals surface area contributed by atoms with E-state index in [1.807, 2.05) is 24.4 Å². The van der Waals surface area contributed by atoms with E-state index in [0.717, 1.165) is 25.2 Å². The molecule has 0 aromatic carbocycles. The number of carbonyl (C=O) groups is 1. The second-order valence-electron chi connectivity index (χ2n) is 6.89. The molecule has 0 bridgehead atoms. The summed E-state index contributed by atoms with van der Waals surface area (Å²) in [6.07, 6.45) is 7.60. The normalized spacial score (nSPS) is 26.6. The molecule has 112 valence electrons. The van der Waals surface area contributed by atoms with E-state index in [1.165, 1.54) is 25.7 Å². The molecule has 1 unspecified atom stereocenters. The largest absolute Gasteiger partial charge is 0.334 e. The van der Waals surface area contributed by atoms with Gasteiger partial charge < -0.3 is 10.2 Å². The van der Waals surface area contributed by atoms with Gasteiger partial charge in [0.05, 0.1) is 12.2 Å². The summed E-state index contributed by atoms with van der Waals surface area (Å²) in [5, 5.41) is 3.41. The van der Waals surface area contributed by atoms with E-state index in [9.17, 15) is 4.79 Å². The lowest BCUT2D eigenvalue weighted by atomic mass is 9.91. The van der Waals surface area contributed by atoms with Gasteiger partial charge in [0.2, 0.25) is 5.91 Å². The Bertz CT molecular complexity index is 520. The summed E-state index contributed by atoms with van der Waals surface area (Å²) >= 11 is 0. The van der Waals surface area contributed by atoms with Gasteiger partial charge in [-0.15, -0.1) is 0 Å². The van der Waals surface area contributed by atoms with E-state index in [-0.39, 0.29) is 5.92 Å². The van der Waals surface area contributed by atoms with Crippen molar-refractivity contribution in [3.8, 4) is 0 Å². The maximum Gasteiger partial charge on any atom is 0.226 e. The van der Waals surface area contributed by atoms with Crippen LogP contribution >= 0.6 is 0 Å². The number of pyridine rings is 1. The molecule has 4 heteroatoms. The maximum atomic E-state index is 12.9. The Morgan fingerprint density at radius 1 is 1.33 bits per heavy atom. The number of nitrogens with one attached hydrogen (secondary N) is 1. The molecular weight excluding hydrogens is 262 g/mol. The minimum atomic E-state index is 0.281. The lowest BCUT2D eigenvalue weighted by Gasteiger charge is -2.27. The SMILES string of the molecule is O=C(C1CC12CCNCC2)N(Cc1ccccn1)C1CC1. The van der Waals surface area contributed by atoms with Gasteiger partial charge in [-0.2, -0.15) is 0 Å². The predicted molar refractivity (Wildman–Crippen MR) is 80.5 cm³/mol. The molecule has 2 aliphatic carbocycles. The van der Waals surface area contributed by atoms with Crippen LogP contribution in [0.1, 0.15) is 37.8 Å². The van der Waals surface area contributed by atoms with Crippen LogP contribution in [0.4, 0.5) is 0 Å². The van der Waals surface area contributed by atoms with Crippen LogP contribution in [-0.4, -0.2) is 34.9 Å². The first-order valence-corrected chi connectivity index (χ1v) is 8.20. The Morgan fingerprint density at radius 2 is 2.14 bits per heavy atom. The molecule has 1 atom stereocenters. The van der Waals surface area contributed by atoms with Gasteiger partial charge in [-0.3, -0.25) is 9.78 Å². The average Bonchev–Trinajstić information content (AvgIpc) is 3.43. The Balaban J connectivity index is 1.46. The standard InChI is InChI=1S/C17H23N3O/c21-16(15-11-17(15)6-9-18-10-7-17)20(14-4-5-14)12-13-3-1-2-8-19-13/h1-3,8,14-15,18H,4-7,9-12H2. The molecule has 2 heterocycles. The molecular formula is C17H23N3O. The summed E-state index contributed by atoms with van der Waals surface area (Å²) < 4.78 is 0. The molecule has 2 saturated carbocycles. The van der Waals surface area contributed by atoms with Crippen molar-refractivity contribution in [1.29, 1.82) is 0 Å². The highest BCUT2D eigenvalue weighted by Crippen LogP contribution is 2.59. The summed E-state index contributed by atoms with van der Waals surface area (Å²) in [4.78, 5) is 19.4. The van der Waals surface area contributed by atoms with E-state index >= 15 is 0 Å². The smallest absolute Gasteiger partial charge is 0.226 e.